The summed E-state index contributed by atoms with van der Waals surface area (Å²) in [5, 5.41) is 11.8. The van der Waals surface area contributed by atoms with E-state index in [-0.39, 0.29) is 18.4 Å². The van der Waals surface area contributed by atoms with Gasteiger partial charge in [0.15, 0.2) is 0 Å². The summed E-state index contributed by atoms with van der Waals surface area (Å²) in [4.78, 5) is 36.0. The second-order valence-electron chi connectivity index (χ2n) is 5.60. The van der Waals surface area contributed by atoms with Crippen LogP contribution >= 0.6 is 0 Å². The molecule has 1 saturated heterocycles. The number of aliphatic carboxylic acids is 1. The number of carboxylic acid groups (broad SMARTS) is 1. The van der Waals surface area contributed by atoms with Crippen molar-refractivity contribution in [2.75, 3.05) is 18.4 Å². The lowest BCUT2D eigenvalue weighted by atomic mass is 9.90. The number of likely N-dealkylation sites (tertiary alicyclic amines) is 1. The van der Waals surface area contributed by atoms with Crippen molar-refractivity contribution in [3.8, 4) is 0 Å². The Morgan fingerprint density at radius 1 is 1.24 bits per heavy atom. The first-order valence-corrected chi connectivity index (χ1v) is 6.72. The molecule has 21 heavy (non-hydrogen) atoms. The van der Waals surface area contributed by atoms with Gasteiger partial charge in [-0.3, -0.25) is 14.4 Å². The van der Waals surface area contributed by atoms with Gasteiger partial charge in [0.1, 0.15) is 0 Å². The summed E-state index contributed by atoms with van der Waals surface area (Å²) in [6, 6.07) is 6.57. The highest BCUT2D eigenvalue weighted by atomic mass is 16.4. The average Bonchev–Trinajstić information content (AvgIpc) is 2.82. The molecule has 0 aliphatic carbocycles. The molecule has 2 amide bonds. The van der Waals surface area contributed by atoms with Crippen LogP contribution in [0.3, 0.4) is 0 Å². The molecule has 1 heterocycles. The molecule has 6 heteroatoms. The van der Waals surface area contributed by atoms with Crippen LogP contribution in [0.2, 0.25) is 0 Å². The number of nitrogens with one attached hydrogen (secondary N) is 1. The van der Waals surface area contributed by atoms with Crippen LogP contribution in [0.15, 0.2) is 24.3 Å². The summed E-state index contributed by atoms with van der Waals surface area (Å²) in [7, 11) is 0. The maximum absolute atomic E-state index is 12.3. The SMILES string of the molecule is CC(=O)Nc1ccc(C(=O)N2CCC(C)(C(=O)O)C2)cc1. The van der Waals surface area contributed by atoms with Crippen LogP contribution in [-0.4, -0.2) is 40.9 Å². The highest BCUT2D eigenvalue weighted by molar-refractivity contribution is 5.96. The van der Waals surface area contributed by atoms with Gasteiger partial charge in [-0.05, 0) is 37.6 Å². The molecule has 1 fully saturated rings. The molecule has 0 bridgehead atoms. The Kier molecular flexibility index (Phi) is 3.97. The molecule has 112 valence electrons. The van der Waals surface area contributed by atoms with Gasteiger partial charge in [-0.2, -0.15) is 0 Å². The van der Waals surface area contributed by atoms with Crippen LogP contribution in [0.1, 0.15) is 30.6 Å². The number of benzene rings is 1. The zero-order chi connectivity index (χ0) is 15.6. The zero-order valence-electron chi connectivity index (χ0n) is 12.0. The molecule has 1 aliphatic rings. The summed E-state index contributed by atoms with van der Waals surface area (Å²) >= 11 is 0. The molecule has 0 aromatic heterocycles. The van der Waals surface area contributed by atoms with Crippen molar-refractivity contribution in [2.24, 2.45) is 5.41 Å². The number of carbonyl (C=O) groups excluding carboxylic acids is 2. The lowest BCUT2D eigenvalue weighted by molar-refractivity contribution is -0.147. The second-order valence-corrected chi connectivity index (χ2v) is 5.60. The van der Waals surface area contributed by atoms with Gasteiger partial charge >= 0.3 is 5.97 Å². The van der Waals surface area contributed by atoms with E-state index in [0.29, 0.717) is 24.2 Å². The minimum absolute atomic E-state index is 0.175. The molecule has 0 saturated carbocycles. The van der Waals surface area contributed by atoms with Crippen molar-refractivity contribution in [2.45, 2.75) is 20.3 Å². The summed E-state index contributed by atoms with van der Waals surface area (Å²) in [5.41, 5.74) is 0.237. The number of hydrogen-bond donors (Lipinski definition) is 2. The molecule has 0 spiro atoms. The Hall–Kier alpha value is -2.37. The second kappa shape index (κ2) is 5.55. The minimum atomic E-state index is -0.876. The summed E-state index contributed by atoms with van der Waals surface area (Å²) in [6.45, 7) is 3.72. The largest absolute Gasteiger partial charge is 0.481 e. The first kappa shape index (κ1) is 15.0. The highest BCUT2D eigenvalue weighted by Crippen LogP contribution is 2.31. The third-order valence-corrected chi connectivity index (χ3v) is 3.73. The Morgan fingerprint density at radius 3 is 2.33 bits per heavy atom. The van der Waals surface area contributed by atoms with Crippen molar-refractivity contribution in [1.29, 1.82) is 0 Å². The van der Waals surface area contributed by atoms with E-state index in [1.807, 2.05) is 0 Å². The van der Waals surface area contributed by atoms with Gasteiger partial charge in [-0.1, -0.05) is 0 Å². The van der Waals surface area contributed by atoms with Gasteiger partial charge in [-0.25, -0.2) is 0 Å². The fraction of sp³-hybridized carbons (Fsp3) is 0.400. The van der Waals surface area contributed by atoms with E-state index in [1.165, 1.54) is 6.92 Å². The Balaban J connectivity index is 2.07. The summed E-state index contributed by atoms with van der Waals surface area (Å²) in [5.74, 6) is -1.24. The van der Waals surface area contributed by atoms with Crippen LogP contribution in [0.25, 0.3) is 0 Å². The third kappa shape index (κ3) is 3.21. The van der Waals surface area contributed by atoms with Gasteiger partial charge in [0.05, 0.1) is 5.41 Å². The van der Waals surface area contributed by atoms with Gasteiger partial charge in [0, 0.05) is 31.3 Å². The lowest BCUT2D eigenvalue weighted by Crippen LogP contribution is -2.34. The predicted octanol–water partition coefficient (Wildman–Crippen LogP) is 1.58. The van der Waals surface area contributed by atoms with Crippen LogP contribution < -0.4 is 5.32 Å². The Labute approximate surface area is 122 Å². The molecule has 1 aliphatic heterocycles. The quantitative estimate of drug-likeness (QED) is 0.885. The topological polar surface area (TPSA) is 86.7 Å². The molecule has 0 radical (unpaired) electrons. The van der Waals surface area contributed by atoms with E-state index in [9.17, 15) is 19.5 Å². The number of amides is 2. The van der Waals surface area contributed by atoms with E-state index < -0.39 is 11.4 Å². The molecule has 1 aromatic rings. The fourth-order valence-corrected chi connectivity index (χ4v) is 2.39. The molecular formula is C15H18N2O4. The third-order valence-electron chi connectivity index (χ3n) is 3.73. The van der Waals surface area contributed by atoms with Gasteiger partial charge in [0.25, 0.3) is 5.91 Å². The van der Waals surface area contributed by atoms with Crippen LogP contribution in [0.4, 0.5) is 5.69 Å². The minimum Gasteiger partial charge on any atom is -0.481 e. The van der Waals surface area contributed by atoms with E-state index in [1.54, 1.807) is 36.1 Å². The number of hydrogen-bond acceptors (Lipinski definition) is 3. The zero-order valence-corrected chi connectivity index (χ0v) is 12.0. The molecule has 1 atom stereocenters. The highest BCUT2D eigenvalue weighted by Gasteiger charge is 2.42. The summed E-state index contributed by atoms with van der Waals surface area (Å²) < 4.78 is 0. The maximum Gasteiger partial charge on any atom is 0.311 e. The van der Waals surface area contributed by atoms with E-state index in [4.69, 9.17) is 0 Å². The molecule has 2 rings (SSSR count). The molecule has 6 nitrogen and oxygen atoms in total. The van der Waals surface area contributed by atoms with Crippen molar-refractivity contribution in [3.05, 3.63) is 29.8 Å². The Bertz CT molecular complexity index is 582. The Morgan fingerprint density at radius 2 is 1.86 bits per heavy atom. The maximum atomic E-state index is 12.3. The first-order chi connectivity index (χ1) is 9.82. The number of carbonyl (C=O) groups is 3. The standard InChI is InChI=1S/C15H18N2O4/c1-10(18)16-12-5-3-11(4-6-12)13(19)17-8-7-15(2,9-17)14(20)21/h3-6H,7-9H2,1-2H3,(H,16,18)(H,20,21). The lowest BCUT2D eigenvalue weighted by Gasteiger charge is -2.20. The number of rotatable bonds is 3. The van der Waals surface area contributed by atoms with Crippen molar-refractivity contribution >= 4 is 23.5 Å². The normalized spacial score (nSPS) is 21.1. The van der Waals surface area contributed by atoms with E-state index in [0.717, 1.165) is 0 Å². The predicted molar refractivity (Wildman–Crippen MR) is 77.0 cm³/mol. The number of nitrogens with zero attached hydrogens (tertiary/aromatic N) is 1. The van der Waals surface area contributed by atoms with Crippen LogP contribution in [0, 0.1) is 5.41 Å². The fourth-order valence-electron chi connectivity index (χ4n) is 2.39. The van der Waals surface area contributed by atoms with Gasteiger partial charge in [-0.15, -0.1) is 0 Å². The van der Waals surface area contributed by atoms with Crippen molar-refractivity contribution < 1.29 is 19.5 Å². The van der Waals surface area contributed by atoms with Crippen molar-refractivity contribution in [3.63, 3.8) is 0 Å². The smallest absolute Gasteiger partial charge is 0.311 e. The first-order valence-electron chi connectivity index (χ1n) is 6.72. The van der Waals surface area contributed by atoms with Gasteiger partial charge < -0.3 is 15.3 Å². The van der Waals surface area contributed by atoms with Crippen LogP contribution in [-0.2, 0) is 9.59 Å². The van der Waals surface area contributed by atoms with E-state index >= 15 is 0 Å². The van der Waals surface area contributed by atoms with Crippen molar-refractivity contribution in [1.82, 2.24) is 4.90 Å². The number of anilines is 1. The van der Waals surface area contributed by atoms with Gasteiger partial charge in [0.2, 0.25) is 5.91 Å². The molecule has 2 N–H and O–H groups in total. The molecular weight excluding hydrogens is 272 g/mol. The average molecular weight is 290 g/mol. The number of carboxylic acids is 1. The molecule has 1 aromatic carbocycles. The monoisotopic (exact) mass is 290 g/mol. The molecule has 1 unspecified atom stereocenters. The summed E-state index contributed by atoms with van der Waals surface area (Å²) in [6.07, 6.45) is 0.456. The van der Waals surface area contributed by atoms with E-state index in [2.05, 4.69) is 5.32 Å². The van der Waals surface area contributed by atoms with Crippen LogP contribution in [0.5, 0.6) is 0 Å².